The summed E-state index contributed by atoms with van der Waals surface area (Å²) in [7, 11) is -4.32. The Morgan fingerprint density at radius 2 is 1.85 bits per heavy atom. The number of carbonyl (C=O) groups excluding carboxylic acids is 1. The van der Waals surface area contributed by atoms with Crippen LogP contribution in [0.3, 0.4) is 0 Å². The predicted octanol–water partition coefficient (Wildman–Crippen LogP) is 5.00. The highest BCUT2D eigenvalue weighted by Crippen LogP contribution is 2.34. The Hall–Kier alpha value is -3.01. The minimum atomic E-state index is -4.32. The van der Waals surface area contributed by atoms with E-state index in [9.17, 15) is 22.7 Å². The lowest BCUT2D eigenvalue weighted by atomic mass is 10.1. The lowest BCUT2D eigenvalue weighted by Crippen LogP contribution is -2.48. The number of halogens is 2. The SMILES string of the molecule is CC(CNC(=O)c1ccccc1O)(Cc1nc2ccccc2s1)S(=O)(=O)c1ccc(Cl)cc1F. The average Bonchev–Trinajstić information content (AvgIpc) is 3.19. The van der Waals surface area contributed by atoms with Crippen molar-refractivity contribution in [3.8, 4) is 5.75 Å². The molecule has 0 saturated heterocycles. The minimum absolute atomic E-state index is 0.0000847. The summed E-state index contributed by atoms with van der Waals surface area (Å²) in [6.45, 7) is 1.09. The number of phenolic OH excluding ortho intramolecular Hbond substituents is 1. The molecule has 1 amide bonds. The first-order valence-corrected chi connectivity index (χ1v) is 12.9. The van der Waals surface area contributed by atoms with E-state index in [1.54, 1.807) is 12.1 Å². The normalized spacial score (nSPS) is 13.5. The molecule has 1 aromatic heterocycles. The summed E-state index contributed by atoms with van der Waals surface area (Å²) in [6.07, 6.45) is -0.0716. The number of fused-ring (bicyclic) bond motifs is 1. The Morgan fingerprint density at radius 3 is 2.56 bits per heavy atom. The van der Waals surface area contributed by atoms with Gasteiger partial charge in [-0.15, -0.1) is 11.3 Å². The van der Waals surface area contributed by atoms with Gasteiger partial charge in [0.25, 0.3) is 5.91 Å². The maximum Gasteiger partial charge on any atom is 0.255 e. The number of carbonyl (C=O) groups is 1. The second-order valence-electron chi connectivity index (χ2n) is 7.98. The Labute approximate surface area is 205 Å². The number of hydrogen-bond donors (Lipinski definition) is 2. The predicted molar refractivity (Wildman–Crippen MR) is 131 cm³/mol. The molecule has 0 aliphatic carbocycles. The second kappa shape index (κ2) is 9.32. The lowest BCUT2D eigenvalue weighted by molar-refractivity contribution is 0.0947. The summed E-state index contributed by atoms with van der Waals surface area (Å²) >= 11 is 7.15. The van der Waals surface area contributed by atoms with E-state index in [4.69, 9.17) is 11.6 Å². The zero-order valence-corrected chi connectivity index (χ0v) is 20.3. The topological polar surface area (TPSA) is 96.4 Å². The van der Waals surface area contributed by atoms with Crippen LogP contribution in [0.1, 0.15) is 22.3 Å². The van der Waals surface area contributed by atoms with Gasteiger partial charge in [0.1, 0.15) is 16.5 Å². The molecule has 10 heteroatoms. The van der Waals surface area contributed by atoms with E-state index in [0.717, 1.165) is 22.3 Å². The summed E-state index contributed by atoms with van der Waals surface area (Å²) in [6, 6.07) is 16.7. The van der Waals surface area contributed by atoms with Gasteiger partial charge in [-0.1, -0.05) is 35.9 Å². The van der Waals surface area contributed by atoms with Crippen molar-refractivity contribution in [1.82, 2.24) is 10.3 Å². The van der Waals surface area contributed by atoms with Gasteiger partial charge in [0.2, 0.25) is 0 Å². The molecule has 1 atom stereocenters. The molecule has 34 heavy (non-hydrogen) atoms. The fraction of sp³-hybridized carbons (Fsp3) is 0.167. The molecule has 1 heterocycles. The molecule has 0 radical (unpaired) electrons. The number of para-hydroxylation sites is 2. The van der Waals surface area contributed by atoms with E-state index < -0.39 is 31.2 Å². The summed E-state index contributed by atoms with van der Waals surface area (Å²) in [5.41, 5.74) is 0.720. The Kier molecular flexibility index (Phi) is 6.62. The molecule has 6 nitrogen and oxygen atoms in total. The molecule has 1 unspecified atom stereocenters. The number of thiazole rings is 1. The van der Waals surface area contributed by atoms with Gasteiger partial charge in [-0.25, -0.2) is 17.8 Å². The van der Waals surface area contributed by atoms with Gasteiger partial charge in [0.15, 0.2) is 9.84 Å². The number of sulfone groups is 1. The number of hydrogen-bond acceptors (Lipinski definition) is 6. The molecule has 3 aromatic carbocycles. The zero-order valence-electron chi connectivity index (χ0n) is 18.0. The fourth-order valence-corrected chi connectivity index (χ4v) is 6.64. The van der Waals surface area contributed by atoms with Crippen LogP contribution in [0.15, 0.2) is 71.6 Å². The number of aromatic hydroxyl groups is 1. The summed E-state index contributed by atoms with van der Waals surface area (Å²) in [5, 5.41) is 13.2. The van der Waals surface area contributed by atoms with Gasteiger partial charge in [-0.05, 0) is 49.4 Å². The van der Waals surface area contributed by atoms with E-state index in [0.29, 0.717) is 5.01 Å². The maximum absolute atomic E-state index is 14.7. The van der Waals surface area contributed by atoms with Crippen LogP contribution >= 0.6 is 22.9 Å². The smallest absolute Gasteiger partial charge is 0.255 e. The van der Waals surface area contributed by atoms with Crippen molar-refractivity contribution in [2.75, 3.05) is 6.54 Å². The highest BCUT2D eigenvalue weighted by atomic mass is 35.5. The number of amides is 1. The summed E-state index contributed by atoms with van der Waals surface area (Å²) in [5.74, 6) is -1.87. The molecule has 0 spiro atoms. The maximum atomic E-state index is 14.7. The van der Waals surface area contributed by atoms with Crippen LogP contribution in [0.5, 0.6) is 5.75 Å². The summed E-state index contributed by atoms with van der Waals surface area (Å²) < 4.78 is 41.4. The van der Waals surface area contributed by atoms with Crippen LogP contribution in [0.4, 0.5) is 4.39 Å². The monoisotopic (exact) mass is 518 g/mol. The number of rotatable bonds is 7. The third-order valence-electron chi connectivity index (χ3n) is 5.47. The van der Waals surface area contributed by atoms with Crippen molar-refractivity contribution in [3.63, 3.8) is 0 Å². The molecule has 0 fully saturated rings. The first kappa shape index (κ1) is 24.1. The molecule has 176 valence electrons. The zero-order chi connectivity index (χ0) is 24.5. The Morgan fingerprint density at radius 1 is 1.15 bits per heavy atom. The molecule has 0 aliphatic heterocycles. The van der Waals surface area contributed by atoms with Crippen molar-refractivity contribution in [1.29, 1.82) is 0 Å². The van der Waals surface area contributed by atoms with Gasteiger partial charge in [0, 0.05) is 18.0 Å². The molecular formula is C24H20ClFN2O4S2. The van der Waals surface area contributed by atoms with Gasteiger partial charge < -0.3 is 10.4 Å². The second-order valence-corrected chi connectivity index (χ2v) is 12.0. The number of phenols is 1. The van der Waals surface area contributed by atoms with E-state index in [1.807, 2.05) is 24.3 Å². The quantitative estimate of drug-likeness (QED) is 0.359. The third-order valence-corrected chi connectivity index (χ3v) is 9.23. The van der Waals surface area contributed by atoms with Crippen molar-refractivity contribution >= 4 is 48.9 Å². The van der Waals surface area contributed by atoms with E-state index >= 15 is 0 Å². The first-order chi connectivity index (χ1) is 16.1. The Balaban J connectivity index is 1.73. The molecule has 0 saturated carbocycles. The first-order valence-electron chi connectivity index (χ1n) is 10.2. The molecule has 4 rings (SSSR count). The highest BCUT2D eigenvalue weighted by Gasteiger charge is 2.43. The van der Waals surface area contributed by atoms with Crippen molar-refractivity contribution in [2.45, 2.75) is 23.0 Å². The number of nitrogens with zero attached hydrogens (tertiary/aromatic N) is 1. The van der Waals surface area contributed by atoms with Gasteiger partial charge in [-0.3, -0.25) is 4.79 Å². The number of nitrogens with one attached hydrogen (secondary N) is 1. The van der Waals surface area contributed by atoms with Crippen LogP contribution in [-0.2, 0) is 16.3 Å². The molecule has 2 N–H and O–H groups in total. The largest absolute Gasteiger partial charge is 0.507 e. The molecule has 0 bridgehead atoms. The van der Waals surface area contributed by atoms with Crippen molar-refractivity contribution in [3.05, 3.63) is 88.1 Å². The third kappa shape index (κ3) is 4.64. The van der Waals surface area contributed by atoms with E-state index in [2.05, 4.69) is 10.3 Å². The standard InChI is InChI=1S/C24H20ClFN2O4S2/c1-24(13-22-28-18-7-3-5-9-20(18)33-22,14-27-23(30)16-6-2-4-8-19(16)29)34(31,32)21-11-10-15(25)12-17(21)26/h2-12,29H,13-14H2,1H3,(H,27,30). The van der Waals surface area contributed by atoms with Crippen LogP contribution in [-0.4, -0.2) is 35.7 Å². The van der Waals surface area contributed by atoms with E-state index in [-0.39, 0.29) is 29.3 Å². The number of aromatic nitrogens is 1. The Bertz CT molecular complexity index is 1460. The molecular weight excluding hydrogens is 499 g/mol. The van der Waals surface area contributed by atoms with Gasteiger partial charge in [0.05, 0.1) is 25.5 Å². The fourth-order valence-electron chi connectivity index (χ4n) is 3.55. The van der Waals surface area contributed by atoms with Crippen molar-refractivity contribution < 1.29 is 22.7 Å². The average molecular weight is 519 g/mol. The molecule has 0 aliphatic rings. The van der Waals surface area contributed by atoms with Gasteiger partial charge in [-0.2, -0.15) is 0 Å². The van der Waals surface area contributed by atoms with Crippen LogP contribution in [0.25, 0.3) is 10.2 Å². The molecule has 4 aromatic rings. The lowest BCUT2D eigenvalue weighted by Gasteiger charge is -2.29. The van der Waals surface area contributed by atoms with Gasteiger partial charge >= 0.3 is 0 Å². The van der Waals surface area contributed by atoms with Crippen LogP contribution in [0, 0.1) is 5.82 Å². The minimum Gasteiger partial charge on any atom is -0.507 e. The van der Waals surface area contributed by atoms with Crippen LogP contribution < -0.4 is 5.32 Å². The summed E-state index contributed by atoms with van der Waals surface area (Å²) in [4.78, 5) is 16.7. The van der Waals surface area contributed by atoms with Crippen molar-refractivity contribution in [2.24, 2.45) is 0 Å². The number of benzene rings is 3. The van der Waals surface area contributed by atoms with Crippen LogP contribution in [0.2, 0.25) is 5.02 Å². The van der Waals surface area contributed by atoms with E-state index in [1.165, 1.54) is 36.5 Å². The highest BCUT2D eigenvalue weighted by molar-refractivity contribution is 7.92.